The Kier molecular flexibility index (Phi) is 4.53. The Morgan fingerprint density at radius 1 is 1.35 bits per heavy atom. The molecule has 2 N–H and O–H groups in total. The molecule has 8 nitrogen and oxygen atoms in total. The van der Waals surface area contributed by atoms with Crippen LogP contribution in [0.5, 0.6) is 0 Å². The molecule has 2 amide bonds. The molecule has 0 aliphatic rings. The number of aromatic nitrogens is 4. The van der Waals surface area contributed by atoms with Crippen LogP contribution in [0.25, 0.3) is 5.65 Å². The van der Waals surface area contributed by atoms with Gasteiger partial charge in [0.05, 0.1) is 37.3 Å². The molecule has 3 heterocycles. The van der Waals surface area contributed by atoms with E-state index in [1.807, 2.05) is 35.0 Å². The number of carbonyl (C=O) groups is 1. The monoisotopic (exact) mass is 314 g/mol. The second-order valence-corrected chi connectivity index (χ2v) is 4.99. The zero-order chi connectivity index (χ0) is 16.1. The average molecular weight is 314 g/mol. The molecule has 0 saturated heterocycles. The quantitative estimate of drug-likeness (QED) is 0.722. The van der Waals surface area contributed by atoms with Crippen molar-refractivity contribution in [2.75, 3.05) is 19.0 Å². The van der Waals surface area contributed by atoms with E-state index in [1.54, 1.807) is 24.2 Å². The Hall–Kier alpha value is -2.87. The van der Waals surface area contributed by atoms with E-state index in [2.05, 4.69) is 20.7 Å². The molecule has 0 aromatic carbocycles. The van der Waals surface area contributed by atoms with Gasteiger partial charge in [-0.25, -0.2) is 9.78 Å². The van der Waals surface area contributed by atoms with Crippen LogP contribution < -0.4 is 10.6 Å². The molecule has 0 fully saturated rings. The number of hydrogen-bond acceptors (Lipinski definition) is 4. The minimum Gasteiger partial charge on any atom is -0.383 e. The van der Waals surface area contributed by atoms with Crippen LogP contribution >= 0.6 is 0 Å². The van der Waals surface area contributed by atoms with E-state index in [9.17, 15) is 4.79 Å². The minimum atomic E-state index is -0.298. The standard InChI is InChI=1S/C15H18N6O2/c1-23-7-6-21-11-13(9-17-21)19-15(22)16-8-12-10-20-5-3-2-4-14(20)18-12/h2-5,9-11H,6-8H2,1H3,(H2,16,19,22). The number of nitrogens with zero attached hydrogens (tertiary/aromatic N) is 4. The largest absolute Gasteiger partial charge is 0.383 e. The van der Waals surface area contributed by atoms with Gasteiger partial charge in [-0.2, -0.15) is 5.10 Å². The highest BCUT2D eigenvalue weighted by molar-refractivity contribution is 5.88. The highest BCUT2D eigenvalue weighted by Gasteiger charge is 2.06. The Bertz CT molecular complexity index is 761. The molecule has 0 aliphatic carbocycles. The van der Waals surface area contributed by atoms with Gasteiger partial charge >= 0.3 is 6.03 Å². The van der Waals surface area contributed by atoms with Gasteiger partial charge in [0.2, 0.25) is 0 Å². The third kappa shape index (κ3) is 3.86. The topological polar surface area (TPSA) is 85.5 Å². The zero-order valence-electron chi connectivity index (χ0n) is 12.8. The summed E-state index contributed by atoms with van der Waals surface area (Å²) in [5, 5.41) is 9.64. The number of pyridine rings is 1. The van der Waals surface area contributed by atoms with Crippen LogP contribution in [0.3, 0.4) is 0 Å². The first kappa shape index (κ1) is 15.0. The van der Waals surface area contributed by atoms with Crippen LogP contribution in [-0.4, -0.2) is 38.9 Å². The lowest BCUT2D eigenvalue weighted by Crippen LogP contribution is -2.28. The van der Waals surface area contributed by atoms with Crippen molar-refractivity contribution in [1.82, 2.24) is 24.5 Å². The second kappa shape index (κ2) is 6.93. The van der Waals surface area contributed by atoms with Crippen molar-refractivity contribution in [3.8, 4) is 0 Å². The Morgan fingerprint density at radius 3 is 3.09 bits per heavy atom. The summed E-state index contributed by atoms with van der Waals surface area (Å²) in [6, 6.07) is 5.47. The first-order chi connectivity index (χ1) is 11.2. The number of imidazole rings is 1. The van der Waals surface area contributed by atoms with E-state index in [0.717, 1.165) is 11.3 Å². The predicted molar refractivity (Wildman–Crippen MR) is 85.2 cm³/mol. The van der Waals surface area contributed by atoms with Crippen LogP contribution in [0.4, 0.5) is 10.5 Å². The first-order valence-corrected chi connectivity index (χ1v) is 7.23. The van der Waals surface area contributed by atoms with E-state index < -0.39 is 0 Å². The maximum atomic E-state index is 11.9. The van der Waals surface area contributed by atoms with Crippen LogP contribution in [-0.2, 0) is 17.8 Å². The number of rotatable bonds is 6. The molecule has 0 unspecified atom stereocenters. The molecule has 8 heteroatoms. The zero-order valence-corrected chi connectivity index (χ0v) is 12.8. The van der Waals surface area contributed by atoms with Gasteiger partial charge in [0.25, 0.3) is 0 Å². The van der Waals surface area contributed by atoms with Crippen LogP contribution in [0.2, 0.25) is 0 Å². The summed E-state index contributed by atoms with van der Waals surface area (Å²) in [7, 11) is 1.63. The Labute approximate surface area is 133 Å². The highest BCUT2D eigenvalue weighted by Crippen LogP contribution is 2.06. The fraction of sp³-hybridized carbons (Fsp3) is 0.267. The van der Waals surface area contributed by atoms with Crippen LogP contribution in [0, 0.1) is 0 Å². The third-order valence-corrected chi connectivity index (χ3v) is 3.26. The molecule has 0 aliphatic heterocycles. The van der Waals surface area contributed by atoms with Gasteiger partial charge in [0.1, 0.15) is 5.65 Å². The number of fused-ring (bicyclic) bond motifs is 1. The number of carbonyl (C=O) groups excluding carboxylic acids is 1. The number of ether oxygens (including phenoxy) is 1. The molecule has 0 bridgehead atoms. The molecule has 3 aromatic rings. The number of hydrogen-bond donors (Lipinski definition) is 2. The molecule has 0 atom stereocenters. The number of anilines is 1. The smallest absolute Gasteiger partial charge is 0.319 e. The normalized spacial score (nSPS) is 10.8. The molecular weight excluding hydrogens is 296 g/mol. The maximum Gasteiger partial charge on any atom is 0.319 e. The number of methoxy groups -OCH3 is 1. The Balaban J connectivity index is 1.52. The van der Waals surface area contributed by atoms with Gasteiger partial charge in [-0.3, -0.25) is 4.68 Å². The number of nitrogens with one attached hydrogen (secondary N) is 2. The van der Waals surface area contributed by atoms with E-state index >= 15 is 0 Å². The summed E-state index contributed by atoms with van der Waals surface area (Å²) in [5.41, 5.74) is 2.28. The summed E-state index contributed by atoms with van der Waals surface area (Å²) in [6.07, 6.45) is 7.16. The number of urea groups is 1. The lowest BCUT2D eigenvalue weighted by atomic mass is 10.5. The molecule has 120 valence electrons. The summed E-state index contributed by atoms with van der Waals surface area (Å²) < 4.78 is 8.60. The van der Waals surface area contributed by atoms with Crippen molar-refractivity contribution in [3.63, 3.8) is 0 Å². The predicted octanol–water partition coefficient (Wildman–Crippen LogP) is 1.50. The van der Waals surface area contributed by atoms with Gasteiger partial charge in [-0.05, 0) is 12.1 Å². The number of amides is 2. The summed E-state index contributed by atoms with van der Waals surface area (Å²) in [6.45, 7) is 1.56. The average Bonchev–Trinajstić information content (AvgIpc) is 3.17. The molecule has 0 spiro atoms. The summed E-state index contributed by atoms with van der Waals surface area (Å²) in [4.78, 5) is 16.3. The van der Waals surface area contributed by atoms with Crippen molar-refractivity contribution in [2.24, 2.45) is 0 Å². The van der Waals surface area contributed by atoms with E-state index in [-0.39, 0.29) is 6.03 Å². The van der Waals surface area contributed by atoms with Gasteiger partial charge in [-0.15, -0.1) is 0 Å². The summed E-state index contributed by atoms with van der Waals surface area (Å²) in [5.74, 6) is 0. The SMILES string of the molecule is COCCn1cc(NC(=O)NCc2cn3ccccc3n2)cn1. The van der Waals surface area contributed by atoms with Crippen molar-refractivity contribution in [3.05, 3.63) is 48.7 Å². The molecule has 0 radical (unpaired) electrons. The molecule has 0 saturated carbocycles. The van der Waals surface area contributed by atoms with E-state index in [0.29, 0.717) is 25.4 Å². The Morgan fingerprint density at radius 2 is 2.26 bits per heavy atom. The fourth-order valence-corrected chi connectivity index (χ4v) is 2.15. The first-order valence-electron chi connectivity index (χ1n) is 7.23. The van der Waals surface area contributed by atoms with Crippen molar-refractivity contribution in [2.45, 2.75) is 13.1 Å². The molecular formula is C15H18N6O2. The highest BCUT2D eigenvalue weighted by atomic mass is 16.5. The lowest BCUT2D eigenvalue weighted by molar-refractivity contribution is 0.183. The van der Waals surface area contributed by atoms with Gasteiger partial charge in [-0.1, -0.05) is 6.07 Å². The second-order valence-electron chi connectivity index (χ2n) is 4.99. The molecule has 23 heavy (non-hydrogen) atoms. The third-order valence-electron chi connectivity index (χ3n) is 3.26. The van der Waals surface area contributed by atoms with Gasteiger partial charge in [0.15, 0.2) is 0 Å². The minimum absolute atomic E-state index is 0.298. The van der Waals surface area contributed by atoms with Crippen LogP contribution in [0.1, 0.15) is 5.69 Å². The van der Waals surface area contributed by atoms with Crippen molar-refractivity contribution in [1.29, 1.82) is 0 Å². The summed E-state index contributed by atoms with van der Waals surface area (Å²) >= 11 is 0. The van der Waals surface area contributed by atoms with E-state index in [1.165, 1.54) is 0 Å². The van der Waals surface area contributed by atoms with Gasteiger partial charge < -0.3 is 19.8 Å². The molecule has 3 rings (SSSR count). The van der Waals surface area contributed by atoms with E-state index in [4.69, 9.17) is 4.74 Å². The maximum absolute atomic E-state index is 11.9. The lowest BCUT2D eigenvalue weighted by Gasteiger charge is -2.03. The molecule has 3 aromatic heterocycles. The van der Waals surface area contributed by atoms with Crippen molar-refractivity contribution < 1.29 is 9.53 Å². The van der Waals surface area contributed by atoms with Crippen LogP contribution in [0.15, 0.2) is 43.0 Å². The van der Waals surface area contributed by atoms with Gasteiger partial charge in [0, 0.05) is 25.7 Å². The van der Waals surface area contributed by atoms with Crippen molar-refractivity contribution >= 4 is 17.4 Å². The fourth-order valence-electron chi connectivity index (χ4n) is 2.15.